The van der Waals surface area contributed by atoms with Crippen LogP contribution in [-0.4, -0.2) is 50.3 Å². The maximum Gasteiger partial charge on any atom is 0.243 e. The smallest absolute Gasteiger partial charge is 0.243 e. The summed E-state index contributed by atoms with van der Waals surface area (Å²) in [6.45, 7) is 2.45. The second-order valence-corrected chi connectivity index (χ2v) is 8.17. The Balaban J connectivity index is 1.93. The van der Waals surface area contributed by atoms with Crippen molar-refractivity contribution in [3.8, 4) is 0 Å². The van der Waals surface area contributed by atoms with Crippen LogP contribution < -0.4 is 0 Å². The molecular formula is C14H19ClN2O2S. The molecule has 0 aliphatic carbocycles. The first kappa shape index (κ1) is 14.3. The highest BCUT2D eigenvalue weighted by molar-refractivity contribution is 7.89. The fourth-order valence-electron chi connectivity index (χ4n) is 3.31. The lowest BCUT2D eigenvalue weighted by Crippen LogP contribution is -2.47. The molecule has 3 heterocycles. The summed E-state index contributed by atoms with van der Waals surface area (Å²) in [6, 6.07) is 6.56. The SMILES string of the molecule is CN1C[C@@H]2CC[C@H](C1)N(S(=O)(=O)c1ccc(Cl)cc1)C2. The van der Waals surface area contributed by atoms with Crippen molar-refractivity contribution in [1.82, 2.24) is 9.21 Å². The Hall–Kier alpha value is -0.620. The number of nitrogens with zero attached hydrogens (tertiary/aromatic N) is 2. The van der Waals surface area contributed by atoms with Crippen LogP contribution in [0.15, 0.2) is 29.2 Å². The summed E-state index contributed by atoms with van der Waals surface area (Å²) in [5.41, 5.74) is 0. The molecule has 4 nitrogen and oxygen atoms in total. The predicted molar refractivity (Wildman–Crippen MR) is 79.4 cm³/mol. The Labute approximate surface area is 125 Å². The zero-order valence-electron chi connectivity index (χ0n) is 11.5. The van der Waals surface area contributed by atoms with Gasteiger partial charge in [0.25, 0.3) is 0 Å². The Morgan fingerprint density at radius 2 is 1.80 bits per heavy atom. The van der Waals surface area contributed by atoms with E-state index in [2.05, 4.69) is 11.9 Å². The van der Waals surface area contributed by atoms with E-state index in [4.69, 9.17) is 11.6 Å². The van der Waals surface area contributed by atoms with Gasteiger partial charge in [-0.3, -0.25) is 0 Å². The third-order valence-corrected chi connectivity index (χ3v) is 6.45. The number of fused-ring (bicyclic) bond motifs is 4. The summed E-state index contributed by atoms with van der Waals surface area (Å²) in [5.74, 6) is 0.445. The van der Waals surface area contributed by atoms with E-state index in [1.54, 1.807) is 28.6 Å². The minimum Gasteiger partial charge on any atom is -0.304 e. The molecule has 3 fully saturated rings. The molecule has 0 aromatic heterocycles. The van der Waals surface area contributed by atoms with Crippen LogP contribution in [0.1, 0.15) is 12.8 Å². The van der Waals surface area contributed by atoms with Crippen molar-refractivity contribution in [3.63, 3.8) is 0 Å². The third-order valence-electron chi connectivity index (χ3n) is 4.27. The lowest BCUT2D eigenvalue weighted by atomic mass is 9.97. The molecule has 6 heteroatoms. The second-order valence-electron chi connectivity index (χ2n) is 5.85. The number of halogens is 1. The molecule has 1 aromatic carbocycles. The first-order chi connectivity index (χ1) is 9.46. The molecule has 2 atom stereocenters. The van der Waals surface area contributed by atoms with Crippen molar-refractivity contribution >= 4 is 21.6 Å². The Bertz CT molecular complexity index is 588. The van der Waals surface area contributed by atoms with Crippen molar-refractivity contribution in [2.45, 2.75) is 23.8 Å². The average Bonchev–Trinajstić information content (AvgIpc) is 2.68. The highest BCUT2D eigenvalue weighted by Crippen LogP contribution is 2.32. The predicted octanol–water partition coefficient (Wildman–Crippen LogP) is 2.05. The van der Waals surface area contributed by atoms with Crippen LogP contribution in [0.5, 0.6) is 0 Å². The van der Waals surface area contributed by atoms with Gasteiger partial charge in [0.15, 0.2) is 0 Å². The van der Waals surface area contributed by atoms with Crippen molar-refractivity contribution in [3.05, 3.63) is 29.3 Å². The number of sulfonamides is 1. The minimum absolute atomic E-state index is 0.0967. The van der Waals surface area contributed by atoms with Gasteiger partial charge in [-0.25, -0.2) is 8.42 Å². The van der Waals surface area contributed by atoms with Gasteiger partial charge in [-0.1, -0.05) is 11.6 Å². The Morgan fingerprint density at radius 3 is 2.50 bits per heavy atom. The number of hydrogen-bond acceptors (Lipinski definition) is 3. The molecule has 0 radical (unpaired) electrons. The lowest BCUT2D eigenvalue weighted by Gasteiger charge is -2.35. The van der Waals surface area contributed by atoms with E-state index in [-0.39, 0.29) is 6.04 Å². The highest BCUT2D eigenvalue weighted by Gasteiger charge is 2.40. The standard InChI is InChI=1S/C14H19ClN2O2S/c1-16-8-11-2-5-13(10-16)17(9-11)20(18,19)14-6-3-12(15)4-7-14/h3-4,6-7,11,13H,2,5,8-10H2,1H3/t11-,13+/m0/s1. The average molecular weight is 315 g/mol. The van der Waals surface area contributed by atoms with E-state index in [1.165, 1.54) is 0 Å². The lowest BCUT2D eigenvalue weighted by molar-refractivity contribution is 0.229. The van der Waals surface area contributed by atoms with Gasteiger partial charge >= 0.3 is 0 Å². The van der Waals surface area contributed by atoms with Crippen LogP contribution in [0, 0.1) is 5.92 Å². The molecule has 0 N–H and O–H groups in total. The van der Waals surface area contributed by atoms with Gasteiger partial charge in [-0.05, 0) is 50.1 Å². The molecule has 1 aromatic rings. The van der Waals surface area contributed by atoms with Crippen molar-refractivity contribution < 1.29 is 8.42 Å². The van der Waals surface area contributed by atoms with Gasteiger partial charge in [0, 0.05) is 30.7 Å². The Morgan fingerprint density at radius 1 is 1.10 bits per heavy atom. The van der Waals surface area contributed by atoms with E-state index < -0.39 is 10.0 Å². The molecule has 0 saturated carbocycles. The van der Waals surface area contributed by atoms with Crippen LogP contribution in [0.2, 0.25) is 5.02 Å². The third kappa shape index (κ3) is 2.60. The molecule has 20 heavy (non-hydrogen) atoms. The molecular weight excluding hydrogens is 296 g/mol. The van der Waals surface area contributed by atoms with E-state index in [0.29, 0.717) is 22.4 Å². The fourth-order valence-corrected chi connectivity index (χ4v) is 5.16. The summed E-state index contributed by atoms with van der Waals surface area (Å²) in [5, 5.41) is 0.557. The summed E-state index contributed by atoms with van der Waals surface area (Å²) in [7, 11) is -1.34. The molecule has 0 amide bonds. The highest BCUT2D eigenvalue weighted by atomic mass is 35.5. The maximum absolute atomic E-state index is 12.8. The molecule has 3 aliphatic rings. The number of rotatable bonds is 2. The number of piperidine rings is 1. The van der Waals surface area contributed by atoms with E-state index in [0.717, 1.165) is 25.9 Å². The zero-order valence-corrected chi connectivity index (χ0v) is 13.1. The maximum atomic E-state index is 12.8. The van der Waals surface area contributed by atoms with Crippen molar-refractivity contribution in [1.29, 1.82) is 0 Å². The largest absolute Gasteiger partial charge is 0.304 e. The molecule has 3 aliphatic heterocycles. The van der Waals surface area contributed by atoms with Gasteiger partial charge in [0.2, 0.25) is 10.0 Å². The van der Waals surface area contributed by atoms with Crippen molar-refractivity contribution in [2.24, 2.45) is 5.92 Å². The molecule has 4 rings (SSSR count). The topological polar surface area (TPSA) is 40.6 Å². The van der Waals surface area contributed by atoms with Crippen LogP contribution in [0.25, 0.3) is 0 Å². The molecule has 0 unspecified atom stereocenters. The van der Waals surface area contributed by atoms with Gasteiger partial charge in [-0.2, -0.15) is 4.31 Å². The molecule has 3 saturated heterocycles. The van der Waals surface area contributed by atoms with Crippen LogP contribution in [0.4, 0.5) is 0 Å². The normalized spacial score (nSPS) is 28.5. The monoisotopic (exact) mass is 314 g/mol. The van der Waals surface area contributed by atoms with E-state index in [9.17, 15) is 8.42 Å². The Kier molecular flexibility index (Phi) is 3.79. The first-order valence-electron chi connectivity index (χ1n) is 6.93. The number of hydrogen-bond donors (Lipinski definition) is 0. The second kappa shape index (κ2) is 5.30. The van der Waals surface area contributed by atoms with Gasteiger partial charge in [-0.15, -0.1) is 0 Å². The quantitative estimate of drug-likeness (QED) is 0.839. The summed E-state index contributed by atoms with van der Waals surface area (Å²) < 4.78 is 27.3. The fraction of sp³-hybridized carbons (Fsp3) is 0.571. The van der Waals surface area contributed by atoms with Crippen LogP contribution in [-0.2, 0) is 10.0 Å². The number of likely N-dealkylation sites (N-methyl/N-ethyl adjacent to an activating group) is 1. The van der Waals surface area contributed by atoms with E-state index >= 15 is 0 Å². The van der Waals surface area contributed by atoms with Gasteiger partial charge in [0.1, 0.15) is 0 Å². The molecule has 0 spiro atoms. The van der Waals surface area contributed by atoms with Gasteiger partial charge < -0.3 is 4.90 Å². The van der Waals surface area contributed by atoms with E-state index in [1.807, 2.05) is 0 Å². The summed E-state index contributed by atoms with van der Waals surface area (Å²) >= 11 is 5.84. The zero-order chi connectivity index (χ0) is 14.3. The van der Waals surface area contributed by atoms with Gasteiger partial charge in [0.05, 0.1) is 4.90 Å². The number of benzene rings is 1. The van der Waals surface area contributed by atoms with Crippen molar-refractivity contribution in [2.75, 3.05) is 26.7 Å². The van der Waals surface area contributed by atoms with Crippen LogP contribution in [0.3, 0.4) is 0 Å². The first-order valence-corrected chi connectivity index (χ1v) is 8.74. The molecule has 110 valence electrons. The van der Waals surface area contributed by atoms with Crippen LogP contribution >= 0.6 is 11.6 Å². The summed E-state index contributed by atoms with van der Waals surface area (Å²) in [6.07, 6.45) is 2.09. The minimum atomic E-state index is -3.41. The molecule has 2 bridgehead atoms. The summed E-state index contributed by atoms with van der Waals surface area (Å²) in [4.78, 5) is 2.59.